The van der Waals surface area contributed by atoms with Crippen LogP contribution < -0.4 is 0 Å². The number of hydrogen-bond acceptors (Lipinski definition) is 7. The van der Waals surface area contributed by atoms with Gasteiger partial charge in [0.25, 0.3) is 0 Å². The minimum absolute atomic E-state index is 0.255. The summed E-state index contributed by atoms with van der Waals surface area (Å²) in [6.07, 6.45) is -0.828. The molecule has 2 aliphatic rings. The molecule has 0 aromatic carbocycles. The maximum Gasteiger partial charge on any atom is 0.333 e. The van der Waals surface area contributed by atoms with Crippen LogP contribution in [0.3, 0.4) is 0 Å². The molecule has 0 radical (unpaired) electrons. The summed E-state index contributed by atoms with van der Waals surface area (Å²) in [5.74, 6) is -0.680. The van der Waals surface area contributed by atoms with Gasteiger partial charge in [-0.3, -0.25) is 4.57 Å². The third-order valence-electron chi connectivity index (χ3n) is 4.07. The van der Waals surface area contributed by atoms with Gasteiger partial charge >= 0.3 is 7.60 Å². The first-order valence-corrected chi connectivity index (χ1v) is 9.80. The molecule has 2 fully saturated rings. The number of methoxy groups -OCH3 is 1. The van der Waals surface area contributed by atoms with Gasteiger partial charge in [-0.25, -0.2) is 0 Å². The van der Waals surface area contributed by atoms with Gasteiger partial charge in [0.2, 0.25) is 0 Å². The molecular weight excluding hydrogens is 323 g/mol. The standard InChI is InChI=1S/C15H29O7P/c1-7-18-23(16,19-8-2)10(3)9-11-12-13(14(17-6)20-11)22-15(4,5)21-12/h10-14H,7-9H2,1-6H3/t10?,11-,12-,13-,14-/m1/s1. The molecule has 7 nitrogen and oxygen atoms in total. The summed E-state index contributed by atoms with van der Waals surface area (Å²) in [4.78, 5) is 0. The van der Waals surface area contributed by atoms with Crippen LogP contribution in [-0.4, -0.2) is 56.4 Å². The van der Waals surface area contributed by atoms with E-state index < -0.39 is 19.7 Å². The zero-order valence-corrected chi connectivity index (χ0v) is 15.7. The molecule has 2 rings (SSSR count). The molecule has 2 heterocycles. The van der Waals surface area contributed by atoms with Gasteiger partial charge in [0.05, 0.1) is 25.0 Å². The number of fused-ring (bicyclic) bond motifs is 1. The van der Waals surface area contributed by atoms with Crippen LogP contribution in [0.2, 0.25) is 0 Å². The van der Waals surface area contributed by atoms with E-state index in [4.69, 9.17) is 28.0 Å². The van der Waals surface area contributed by atoms with Gasteiger partial charge in [0.15, 0.2) is 12.1 Å². The molecule has 0 aliphatic carbocycles. The Morgan fingerprint density at radius 1 is 1.13 bits per heavy atom. The Labute approximate surface area is 138 Å². The van der Waals surface area contributed by atoms with E-state index in [1.54, 1.807) is 21.0 Å². The zero-order valence-electron chi connectivity index (χ0n) is 14.8. The fourth-order valence-corrected chi connectivity index (χ4v) is 4.91. The topological polar surface area (TPSA) is 72.5 Å². The van der Waals surface area contributed by atoms with Crippen molar-refractivity contribution in [3.8, 4) is 0 Å². The van der Waals surface area contributed by atoms with Crippen molar-refractivity contribution >= 4 is 7.60 Å². The van der Waals surface area contributed by atoms with Crippen molar-refractivity contribution in [3.05, 3.63) is 0 Å². The highest BCUT2D eigenvalue weighted by Gasteiger charge is 2.56. The van der Waals surface area contributed by atoms with Gasteiger partial charge in [-0.15, -0.1) is 0 Å². The average Bonchev–Trinajstić information content (AvgIpc) is 2.93. The fourth-order valence-electron chi connectivity index (χ4n) is 3.14. The molecule has 1 unspecified atom stereocenters. The van der Waals surface area contributed by atoms with Gasteiger partial charge in [-0.2, -0.15) is 0 Å². The maximum atomic E-state index is 12.9. The second-order valence-corrected chi connectivity index (χ2v) is 8.78. The largest absolute Gasteiger partial charge is 0.353 e. The van der Waals surface area contributed by atoms with Crippen LogP contribution in [0.15, 0.2) is 0 Å². The van der Waals surface area contributed by atoms with Gasteiger partial charge < -0.3 is 28.0 Å². The van der Waals surface area contributed by atoms with Crippen LogP contribution in [0.1, 0.15) is 41.0 Å². The Hall–Kier alpha value is -0.0100. The Morgan fingerprint density at radius 3 is 2.22 bits per heavy atom. The molecule has 0 aromatic rings. The molecule has 136 valence electrons. The third-order valence-corrected chi connectivity index (χ3v) is 6.60. The molecule has 0 N–H and O–H groups in total. The van der Waals surface area contributed by atoms with Crippen molar-refractivity contribution in [2.24, 2.45) is 0 Å². The van der Waals surface area contributed by atoms with E-state index in [1.165, 1.54) is 0 Å². The summed E-state index contributed by atoms with van der Waals surface area (Å²) in [7, 11) is -1.60. The number of hydrogen-bond donors (Lipinski definition) is 0. The quantitative estimate of drug-likeness (QED) is 0.622. The Kier molecular flexibility index (Phi) is 6.28. The van der Waals surface area contributed by atoms with Crippen LogP contribution in [0, 0.1) is 0 Å². The predicted molar refractivity (Wildman–Crippen MR) is 84.4 cm³/mol. The monoisotopic (exact) mass is 352 g/mol. The van der Waals surface area contributed by atoms with Gasteiger partial charge in [0, 0.05) is 7.11 Å². The summed E-state index contributed by atoms with van der Waals surface area (Å²) < 4.78 is 46.8. The van der Waals surface area contributed by atoms with E-state index in [-0.39, 0.29) is 24.0 Å². The highest BCUT2D eigenvalue weighted by atomic mass is 31.2. The van der Waals surface area contributed by atoms with Gasteiger partial charge in [0.1, 0.15) is 12.2 Å². The first-order chi connectivity index (χ1) is 10.8. The first-order valence-electron chi connectivity index (χ1n) is 8.19. The van der Waals surface area contributed by atoms with Crippen molar-refractivity contribution in [1.82, 2.24) is 0 Å². The van der Waals surface area contributed by atoms with Crippen LogP contribution >= 0.6 is 7.60 Å². The van der Waals surface area contributed by atoms with E-state index >= 15 is 0 Å². The summed E-state index contributed by atoms with van der Waals surface area (Å²) in [6.45, 7) is 9.87. The summed E-state index contributed by atoms with van der Waals surface area (Å²) in [5.41, 5.74) is -0.309. The van der Waals surface area contributed by atoms with Crippen molar-refractivity contribution in [3.63, 3.8) is 0 Å². The first kappa shape index (κ1) is 19.3. The second kappa shape index (κ2) is 7.48. The molecule has 0 bridgehead atoms. The average molecular weight is 352 g/mol. The minimum atomic E-state index is -3.18. The second-order valence-electron chi connectivity index (χ2n) is 6.30. The molecule has 0 aromatic heterocycles. The zero-order chi connectivity index (χ0) is 17.3. The number of ether oxygens (including phenoxy) is 4. The molecule has 2 saturated heterocycles. The van der Waals surface area contributed by atoms with Crippen LogP contribution in [0.5, 0.6) is 0 Å². The smallest absolute Gasteiger partial charge is 0.333 e. The van der Waals surface area contributed by atoms with E-state index in [9.17, 15) is 4.57 Å². The summed E-state index contributed by atoms with van der Waals surface area (Å²) >= 11 is 0. The van der Waals surface area contributed by atoms with Gasteiger partial charge in [-0.05, 0) is 34.1 Å². The van der Waals surface area contributed by atoms with Crippen molar-refractivity contribution in [2.45, 2.75) is 77.1 Å². The number of rotatable bonds is 8. The van der Waals surface area contributed by atoms with Crippen molar-refractivity contribution in [1.29, 1.82) is 0 Å². The fraction of sp³-hybridized carbons (Fsp3) is 1.00. The van der Waals surface area contributed by atoms with E-state index in [1.807, 2.05) is 20.8 Å². The maximum absolute atomic E-state index is 12.9. The molecule has 5 atom stereocenters. The molecule has 23 heavy (non-hydrogen) atoms. The Balaban J connectivity index is 2.08. The Morgan fingerprint density at radius 2 is 1.70 bits per heavy atom. The van der Waals surface area contributed by atoms with E-state index in [0.717, 1.165) is 0 Å². The van der Waals surface area contributed by atoms with Crippen LogP contribution in [-0.2, 0) is 32.6 Å². The molecule has 2 aliphatic heterocycles. The minimum Gasteiger partial charge on any atom is -0.353 e. The molecule has 0 saturated carbocycles. The summed E-state index contributed by atoms with van der Waals surface area (Å²) in [6, 6.07) is 0. The van der Waals surface area contributed by atoms with Crippen molar-refractivity contribution in [2.75, 3.05) is 20.3 Å². The third kappa shape index (κ3) is 4.15. The molecule has 0 amide bonds. The van der Waals surface area contributed by atoms with Crippen molar-refractivity contribution < 1.29 is 32.6 Å². The van der Waals surface area contributed by atoms with E-state index in [2.05, 4.69) is 0 Å². The molecule has 0 spiro atoms. The van der Waals surface area contributed by atoms with Crippen LogP contribution in [0.25, 0.3) is 0 Å². The predicted octanol–water partition coefficient (Wildman–Crippen LogP) is 2.92. The van der Waals surface area contributed by atoms with Gasteiger partial charge in [-0.1, -0.05) is 6.92 Å². The Bertz CT molecular complexity index is 432. The lowest BCUT2D eigenvalue weighted by Crippen LogP contribution is -2.32. The highest BCUT2D eigenvalue weighted by Crippen LogP contribution is 2.55. The lowest BCUT2D eigenvalue weighted by atomic mass is 10.1. The van der Waals surface area contributed by atoms with Crippen LogP contribution in [0.4, 0.5) is 0 Å². The lowest BCUT2D eigenvalue weighted by molar-refractivity contribution is -0.227. The highest BCUT2D eigenvalue weighted by molar-refractivity contribution is 7.54. The lowest BCUT2D eigenvalue weighted by Gasteiger charge is -2.28. The van der Waals surface area contributed by atoms with E-state index in [0.29, 0.717) is 19.6 Å². The molecular formula is C15H29O7P. The summed E-state index contributed by atoms with van der Waals surface area (Å²) in [5, 5.41) is 0. The normalized spacial score (nSPS) is 34.5. The SMILES string of the molecule is CCOP(=O)(OCC)C(C)C[C@H]1O[C@@H](OC)[C@@H]2OC(C)(C)O[C@@H]21. The molecule has 8 heteroatoms.